The van der Waals surface area contributed by atoms with Gasteiger partial charge in [-0.05, 0) is 36.8 Å². The maximum absolute atomic E-state index is 11.8. The van der Waals surface area contributed by atoms with E-state index >= 15 is 0 Å². The van der Waals surface area contributed by atoms with E-state index in [0.717, 1.165) is 0 Å². The molecule has 2 aromatic carbocycles. The number of halogens is 2. The minimum atomic E-state index is -0.164. The highest BCUT2D eigenvalue weighted by atomic mass is 35.5. The maximum atomic E-state index is 11.8. The van der Waals surface area contributed by atoms with Crippen molar-refractivity contribution >= 4 is 40.7 Å². The summed E-state index contributed by atoms with van der Waals surface area (Å²) in [5, 5.41) is 6.39. The minimum Gasteiger partial charge on any atom is -0.352 e. The Morgan fingerprint density at radius 2 is 1.74 bits per heavy atom. The summed E-state index contributed by atoms with van der Waals surface area (Å²) >= 11 is 11.8. The van der Waals surface area contributed by atoms with Gasteiger partial charge in [-0.15, -0.1) is 0 Å². The number of carbonyl (C=O) groups excluding carboxylic acids is 2. The summed E-state index contributed by atoms with van der Waals surface area (Å²) in [6.07, 6.45) is 0.823. The molecule has 0 aliphatic carbocycles. The summed E-state index contributed by atoms with van der Waals surface area (Å²) in [4.78, 5) is 23.7. The molecule has 0 atom stereocenters. The van der Waals surface area contributed by atoms with Crippen molar-refractivity contribution in [1.82, 2.24) is 5.32 Å². The van der Waals surface area contributed by atoms with Gasteiger partial charge in [-0.1, -0.05) is 41.4 Å². The number of hydrogen-bond acceptors (Lipinski definition) is 2. The molecule has 6 heteroatoms. The Morgan fingerprint density at radius 1 is 1.00 bits per heavy atom. The summed E-state index contributed by atoms with van der Waals surface area (Å²) in [6, 6.07) is 13.8. The molecule has 0 aromatic heterocycles. The third-order valence-corrected chi connectivity index (χ3v) is 3.66. The Labute approximate surface area is 144 Å². The molecule has 0 fully saturated rings. The van der Waals surface area contributed by atoms with E-state index in [-0.39, 0.29) is 18.2 Å². The summed E-state index contributed by atoms with van der Waals surface area (Å²) in [5.74, 6) is -0.310. The molecule has 0 aliphatic rings. The van der Waals surface area contributed by atoms with Crippen molar-refractivity contribution in [3.8, 4) is 0 Å². The van der Waals surface area contributed by atoms with E-state index in [2.05, 4.69) is 10.6 Å². The van der Waals surface area contributed by atoms with Gasteiger partial charge in [-0.3, -0.25) is 9.59 Å². The van der Waals surface area contributed by atoms with Crippen molar-refractivity contribution in [3.05, 3.63) is 64.1 Å². The predicted octanol–water partition coefficient (Wildman–Crippen LogP) is 4.14. The number of benzene rings is 2. The molecule has 0 aliphatic heterocycles. The van der Waals surface area contributed by atoms with Crippen LogP contribution in [0.3, 0.4) is 0 Å². The highest BCUT2D eigenvalue weighted by Gasteiger charge is 2.07. The molecule has 2 amide bonds. The SMILES string of the molecule is O=C(CCCNC(=O)c1ccccc1)Nc1ccc(Cl)cc1Cl. The third-order valence-electron chi connectivity index (χ3n) is 3.11. The first-order chi connectivity index (χ1) is 11.1. The number of amides is 2. The highest BCUT2D eigenvalue weighted by Crippen LogP contribution is 2.25. The fourth-order valence-corrected chi connectivity index (χ4v) is 2.40. The molecular formula is C17H16Cl2N2O2. The van der Waals surface area contributed by atoms with Gasteiger partial charge in [0.2, 0.25) is 5.91 Å². The lowest BCUT2D eigenvalue weighted by molar-refractivity contribution is -0.116. The van der Waals surface area contributed by atoms with Crippen molar-refractivity contribution in [2.45, 2.75) is 12.8 Å². The second-order valence-corrected chi connectivity index (χ2v) is 5.74. The molecule has 2 aromatic rings. The molecule has 0 spiro atoms. The van der Waals surface area contributed by atoms with Gasteiger partial charge in [0.05, 0.1) is 10.7 Å². The van der Waals surface area contributed by atoms with E-state index in [9.17, 15) is 9.59 Å². The molecule has 4 nitrogen and oxygen atoms in total. The highest BCUT2D eigenvalue weighted by molar-refractivity contribution is 6.36. The zero-order valence-electron chi connectivity index (χ0n) is 12.3. The molecule has 0 heterocycles. The van der Waals surface area contributed by atoms with Crippen LogP contribution in [0.2, 0.25) is 10.0 Å². The Hall–Kier alpha value is -2.04. The second kappa shape index (κ2) is 8.56. The molecule has 2 N–H and O–H groups in total. The largest absolute Gasteiger partial charge is 0.352 e. The van der Waals surface area contributed by atoms with Crippen LogP contribution in [-0.2, 0) is 4.79 Å². The monoisotopic (exact) mass is 350 g/mol. The van der Waals surface area contributed by atoms with E-state index < -0.39 is 0 Å². The topological polar surface area (TPSA) is 58.2 Å². The van der Waals surface area contributed by atoms with Gasteiger partial charge in [0.1, 0.15) is 0 Å². The van der Waals surface area contributed by atoms with E-state index in [1.807, 2.05) is 6.07 Å². The molecule has 23 heavy (non-hydrogen) atoms. The molecule has 0 bridgehead atoms. The summed E-state index contributed by atoms with van der Waals surface area (Å²) in [5.41, 5.74) is 1.12. The lowest BCUT2D eigenvalue weighted by Crippen LogP contribution is -2.25. The van der Waals surface area contributed by atoms with Gasteiger partial charge in [0.25, 0.3) is 5.91 Å². The van der Waals surface area contributed by atoms with Crippen LogP contribution in [0.1, 0.15) is 23.2 Å². The number of anilines is 1. The van der Waals surface area contributed by atoms with Gasteiger partial charge >= 0.3 is 0 Å². The molecule has 0 saturated heterocycles. The number of carbonyl (C=O) groups is 2. The van der Waals surface area contributed by atoms with Crippen LogP contribution in [0.5, 0.6) is 0 Å². The predicted molar refractivity (Wildman–Crippen MR) is 93.1 cm³/mol. The quantitative estimate of drug-likeness (QED) is 0.769. The summed E-state index contributed by atoms with van der Waals surface area (Å²) in [7, 11) is 0. The van der Waals surface area contributed by atoms with Gasteiger partial charge in [-0.25, -0.2) is 0 Å². The van der Waals surface area contributed by atoms with Gasteiger partial charge in [0.15, 0.2) is 0 Å². The third kappa shape index (κ3) is 5.58. The second-order valence-electron chi connectivity index (χ2n) is 4.90. The molecule has 120 valence electrons. The van der Waals surface area contributed by atoms with Crippen LogP contribution in [0.15, 0.2) is 48.5 Å². The maximum Gasteiger partial charge on any atom is 0.251 e. The number of hydrogen-bond donors (Lipinski definition) is 2. The average Bonchev–Trinajstić information content (AvgIpc) is 2.55. The molecular weight excluding hydrogens is 335 g/mol. The van der Waals surface area contributed by atoms with Crippen molar-refractivity contribution in [2.75, 3.05) is 11.9 Å². The van der Waals surface area contributed by atoms with Crippen molar-refractivity contribution in [2.24, 2.45) is 0 Å². The Bertz CT molecular complexity index is 690. The Morgan fingerprint density at radius 3 is 2.43 bits per heavy atom. The average molecular weight is 351 g/mol. The minimum absolute atomic E-state index is 0.147. The Balaban J connectivity index is 1.72. The van der Waals surface area contributed by atoms with Gasteiger partial charge in [-0.2, -0.15) is 0 Å². The Kier molecular flexibility index (Phi) is 6.44. The van der Waals surface area contributed by atoms with Crippen LogP contribution in [0.25, 0.3) is 0 Å². The first-order valence-corrected chi connectivity index (χ1v) is 7.90. The summed E-state index contributed by atoms with van der Waals surface area (Å²) in [6.45, 7) is 0.426. The van der Waals surface area contributed by atoms with Crippen molar-refractivity contribution in [1.29, 1.82) is 0 Å². The number of rotatable bonds is 6. The molecule has 0 saturated carbocycles. The van der Waals surface area contributed by atoms with E-state index in [1.54, 1.807) is 42.5 Å². The van der Waals surface area contributed by atoms with Crippen LogP contribution in [0.4, 0.5) is 5.69 Å². The van der Waals surface area contributed by atoms with E-state index in [1.165, 1.54) is 0 Å². The zero-order chi connectivity index (χ0) is 16.7. The fraction of sp³-hybridized carbons (Fsp3) is 0.176. The van der Waals surface area contributed by atoms with Gasteiger partial charge < -0.3 is 10.6 Å². The first kappa shape index (κ1) is 17.3. The van der Waals surface area contributed by atoms with E-state index in [4.69, 9.17) is 23.2 Å². The smallest absolute Gasteiger partial charge is 0.251 e. The van der Waals surface area contributed by atoms with Crippen LogP contribution in [0, 0.1) is 0 Å². The lowest BCUT2D eigenvalue weighted by atomic mass is 10.2. The fourth-order valence-electron chi connectivity index (χ4n) is 1.95. The van der Waals surface area contributed by atoms with Crippen molar-refractivity contribution < 1.29 is 9.59 Å². The first-order valence-electron chi connectivity index (χ1n) is 7.14. The standard InChI is InChI=1S/C17H16Cl2N2O2/c18-13-8-9-15(14(19)11-13)21-16(22)7-4-10-20-17(23)12-5-2-1-3-6-12/h1-3,5-6,8-9,11H,4,7,10H2,(H,20,23)(H,21,22). The van der Waals surface area contributed by atoms with Crippen molar-refractivity contribution in [3.63, 3.8) is 0 Å². The zero-order valence-corrected chi connectivity index (χ0v) is 13.8. The van der Waals surface area contributed by atoms with E-state index in [0.29, 0.717) is 34.3 Å². The summed E-state index contributed by atoms with van der Waals surface area (Å²) < 4.78 is 0. The molecule has 0 unspecified atom stereocenters. The van der Waals surface area contributed by atoms with Crippen LogP contribution >= 0.6 is 23.2 Å². The lowest BCUT2D eigenvalue weighted by Gasteiger charge is -2.08. The van der Waals surface area contributed by atoms with Gasteiger partial charge in [0, 0.05) is 23.6 Å². The number of nitrogens with one attached hydrogen (secondary N) is 2. The van der Waals surface area contributed by atoms with Crippen LogP contribution < -0.4 is 10.6 Å². The molecule has 0 radical (unpaired) electrons. The van der Waals surface area contributed by atoms with Crippen LogP contribution in [-0.4, -0.2) is 18.4 Å². The normalized spacial score (nSPS) is 10.2. The molecule has 2 rings (SSSR count).